The van der Waals surface area contributed by atoms with Crippen LogP contribution in [-0.4, -0.2) is 60.1 Å². The van der Waals surface area contributed by atoms with Crippen LogP contribution in [0, 0.1) is 0 Å². The lowest BCUT2D eigenvalue weighted by Gasteiger charge is -2.28. The maximum atomic E-state index is 11.8. The summed E-state index contributed by atoms with van der Waals surface area (Å²) >= 11 is 0. The fraction of sp³-hybridized carbons (Fsp3) is 0.700. The zero-order valence-corrected chi connectivity index (χ0v) is 10.0. The van der Waals surface area contributed by atoms with E-state index in [1.54, 1.807) is 0 Å². The van der Waals surface area contributed by atoms with Crippen LogP contribution in [0.4, 0.5) is 4.79 Å². The summed E-state index contributed by atoms with van der Waals surface area (Å²) in [6, 6.07) is -1.51. The molecule has 8 nitrogen and oxygen atoms in total. The van der Waals surface area contributed by atoms with Gasteiger partial charge in [-0.2, -0.15) is 0 Å². The number of nitrogens with one attached hydrogen (secondary N) is 2. The number of amides is 3. The van der Waals surface area contributed by atoms with Gasteiger partial charge >= 0.3 is 12.0 Å². The van der Waals surface area contributed by atoms with E-state index in [9.17, 15) is 14.4 Å². The number of carboxylic acid groups (broad SMARTS) is 1. The average molecular weight is 258 g/mol. The topological polar surface area (TPSA) is 125 Å². The quantitative estimate of drug-likeness (QED) is 0.469. The molecule has 3 amide bonds. The Balaban J connectivity index is 2.46. The number of carboxylic acids is 1. The number of hydrogen-bond acceptors (Lipinski definition) is 4. The van der Waals surface area contributed by atoms with E-state index in [4.69, 9.17) is 10.8 Å². The number of hydrogen-bond donors (Lipinski definition) is 4. The largest absolute Gasteiger partial charge is 0.480 e. The molecule has 0 unspecified atom stereocenters. The zero-order valence-electron chi connectivity index (χ0n) is 10.0. The average Bonchev–Trinajstić information content (AvgIpc) is 2.34. The van der Waals surface area contributed by atoms with Crippen LogP contribution < -0.4 is 16.4 Å². The molecule has 1 heterocycles. The molecule has 0 aromatic carbocycles. The van der Waals surface area contributed by atoms with Gasteiger partial charge in [-0.15, -0.1) is 0 Å². The fourth-order valence-electron chi connectivity index (χ4n) is 1.65. The first-order valence-electron chi connectivity index (χ1n) is 5.78. The zero-order chi connectivity index (χ0) is 13.5. The standard InChI is InChI=1S/C10H18N4O4/c11-8(15)2-1-7(9(16)17)13-10(18)14-5-3-12-4-6-14/h7,12H,1-6H2,(H2,11,15)(H,13,18)(H,16,17)/t7-/m1/s1. The van der Waals surface area contributed by atoms with Crippen molar-refractivity contribution in [3.8, 4) is 0 Å². The normalized spacial score (nSPS) is 17.0. The Bertz CT molecular complexity index is 328. The SMILES string of the molecule is NC(=O)CC[C@@H](NC(=O)N1CCNCC1)C(=O)O. The van der Waals surface area contributed by atoms with Crippen molar-refractivity contribution in [2.45, 2.75) is 18.9 Å². The van der Waals surface area contributed by atoms with Crippen molar-refractivity contribution in [3.05, 3.63) is 0 Å². The first-order chi connectivity index (χ1) is 8.50. The van der Waals surface area contributed by atoms with E-state index in [2.05, 4.69) is 10.6 Å². The van der Waals surface area contributed by atoms with Crippen molar-refractivity contribution in [1.82, 2.24) is 15.5 Å². The Morgan fingerprint density at radius 2 is 1.94 bits per heavy atom. The van der Waals surface area contributed by atoms with Crippen molar-refractivity contribution in [2.24, 2.45) is 5.73 Å². The summed E-state index contributed by atoms with van der Waals surface area (Å²) in [5.41, 5.74) is 4.95. The van der Waals surface area contributed by atoms with Crippen LogP contribution in [0.25, 0.3) is 0 Å². The van der Waals surface area contributed by atoms with Crippen molar-refractivity contribution in [2.75, 3.05) is 26.2 Å². The molecule has 1 saturated heterocycles. The first-order valence-corrected chi connectivity index (χ1v) is 5.78. The minimum atomic E-state index is -1.17. The van der Waals surface area contributed by atoms with Crippen molar-refractivity contribution >= 4 is 17.9 Å². The third kappa shape index (κ3) is 4.58. The molecule has 1 rings (SSSR count). The molecular formula is C10H18N4O4. The summed E-state index contributed by atoms with van der Waals surface area (Å²) < 4.78 is 0. The van der Waals surface area contributed by atoms with Crippen molar-refractivity contribution in [3.63, 3.8) is 0 Å². The van der Waals surface area contributed by atoms with Crippen LogP contribution in [0.2, 0.25) is 0 Å². The maximum Gasteiger partial charge on any atom is 0.326 e. The molecular weight excluding hydrogens is 240 g/mol. The van der Waals surface area contributed by atoms with Gasteiger partial charge in [-0.25, -0.2) is 9.59 Å². The Hall–Kier alpha value is -1.83. The summed E-state index contributed by atoms with van der Waals surface area (Å²) in [5.74, 6) is -1.75. The van der Waals surface area contributed by atoms with Crippen LogP contribution in [0.15, 0.2) is 0 Å². The van der Waals surface area contributed by atoms with E-state index in [-0.39, 0.29) is 12.8 Å². The lowest BCUT2D eigenvalue weighted by atomic mass is 10.1. The van der Waals surface area contributed by atoms with E-state index in [0.717, 1.165) is 0 Å². The highest BCUT2D eigenvalue weighted by Crippen LogP contribution is 2.00. The van der Waals surface area contributed by atoms with Crippen molar-refractivity contribution in [1.29, 1.82) is 0 Å². The first kappa shape index (κ1) is 14.2. The smallest absolute Gasteiger partial charge is 0.326 e. The second-order valence-corrected chi connectivity index (χ2v) is 4.08. The van der Waals surface area contributed by atoms with Crippen molar-refractivity contribution < 1.29 is 19.5 Å². The Morgan fingerprint density at radius 3 is 2.44 bits per heavy atom. The van der Waals surface area contributed by atoms with Crippen LogP contribution in [0.3, 0.4) is 0 Å². The minimum Gasteiger partial charge on any atom is -0.480 e. The number of rotatable bonds is 5. The minimum absolute atomic E-state index is 0.00248. The monoisotopic (exact) mass is 258 g/mol. The van der Waals surface area contributed by atoms with Crippen LogP contribution in [0.1, 0.15) is 12.8 Å². The molecule has 5 N–H and O–H groups in total. The molecule has 8 heteroatoms. The molecule has 1 fully saturated rings. The predicted octanol–water partition coefficient (Wildman–Crippen LogP) is -1.68. The van der Waals surface area contributed by atoms with E-state index in [1.165, 1.54) is 4.90 Å². The molecule has 102 valence electrons. The molecule has 0 saturated carbocycles. The van der Waals surface area contributed by atoms with Crippen LogP contribution >= 0.6 is 0 Å². The van der Waals surface area contributed by atoms with Gasteiger partial charge in [-0.3, -0.25) is 4.79 Å². The Morgan fingerprint density at radius 1 is 1.33 bits per heavy atom. The van der Waals surface area contributed by atoms with Gasteiger partial charge in [-0.05, 0) is 6.42 Å². The van der Waals surface area contributed by atoms with Gasteiger partial charge in [0.25, 0.3) is 0 Å². The van der Waals surface area contributed by atoms with E-state index >= 15 is 0 Å². The van der Waals surface area contributed by atoms with Gasteiger partial charge in [0.2, 0.25) is 5.91 Å². The number of carbonyl (C=O) groups is 3. The van der Waals surface area contributed by atoms with E-state index < -0.39 is 23.9 Å². The third-order valence-electron chi connectivity index (χ3n) is 2.68. The molecule has 0 aromatic rings. The molecule has 1 aliphatic rings. The lowest BCUT2D eigenvalue weighted by Crippen LogP contribution is -2.53. The van der Waals surface area contributed by atoms with E-state index in [1.807, 2.05) is 0 Å². The highest BCUT2D eigenvalue weighted by Gasteiger charge is 2.24. The molecule has 0 radical (unpaired) electrons. The third-order valence-corrected chi connectivity index (χ3v) is 2.68. The second-order valence-electron chi connectivity index (χ2n) is 4.08. The van der Waals surface area contributed by atoms with Gasteiger partial charge < -0.3 is 26.4 Å². The van der Waals surface area contributed by atoms with E-state index in [0.29, 0.717) is 26.2 Å². The number of primary amides is 1. The number of aliphatic carboxylic acids is 1. The second kappa shape index (κ2) is 6.80. The van der Waals surface area contributed by atoms with Crippen LogP contribution in [0.5, 0.6) is 0 Å². The number of urea groups is 1. The predicted molar refractivity (Wildman–Crippen MR) is 62.8 cm³/mol. The van der Waals surface area contributed by atoms with Gasteiger partial charge in [0.05, 0.1) is 0 Å². The number of nitrogens with zero attached hydrogens (tertiary/aromatic N) is 1. The summed E-state index contributed by atoms with van der Waals surface area (Å²) in [4.78, 5) is 34.8. The highest BCUT2D eigenvalue weighted by molar-refractivity contribution is 5.83. The number of piperazine rings is 1. The van der Waals surface area contributed by atoms with Gasteiger partial charge in [0.1, 0.15) is 6.04 Å². The molecule has 0 aromatic heterocycles. The molecule has 18 heavy (non-hydrogen) atoms. The molecule has 0 aliphatic carbocycles. The molecule has 1 atom stereocenters. The summed E-state index contributed by atoms with van der Waals surface area (Å²) in [5, 5.41) is 14.4. The molecule has 0 bridgehead atoms. The maximum absolute atomic E-state index is 11.8. The number of nitrogens with two attached hydrogens (primary N) is 1. The van der Waals surface area contributed by atoms with Gasteiger partial charge in [0.15, 0.2) is 0 Å². The summed E-state index contributed by atoms with van der Waals surface area (Å²) in [6.45, 7) is 2.45. The fourth-order valence-corrected chi connectivity index (χ4v) is 1.65. The van der Waals surface area contributed by atoms with Gasteiger partial charge in [0, 0.05) is 32.6 Å². The molecule has 0 spiro atoms. The Kier molecular flexibility index (Phi) is 5.37. The number of carbonyl (C=O) groups excluding carboxylic acids is 2. The summed E-state index contributed by atoms with van der Waals surface area (Å²) in [7, 11) is 0. The summed E-state index contributed by atoms with van der Waals surface area (Å²) in [6.07, 6.45) is -0.0682. The van der Waals surface area contributed by atoms with Crippen LogP contribution in [-0.2, 0) is 9.59 Å². The highest BCUT2D eigenvalue weighted by atomic mass is 16.4. The Labute approximate surface area is 104 Å². The lowest BCUT2D eigenvalue weighted by molar-refractivity contribution is -0.139. The van der Waals surface area contributed by atoms with Gasteiger partial charge in [-0.1, -0.05) is 0 Å². The molecule has 1 aliphatic heterocycles.